The van der Waals surface area contributed by atoms with Crippen molar-refractivity contribution in [1.29, 1.82) is 0 Å². The number of furan rings is 1. The molecule has 3 rings (SSSR count). The van der Waals surface area contributed by atoms with Gasteiger partial charge in [0.1, 0.15) is 5.58 Å². The van der Waals surface area contributed by atoms with Crippen molar-refractivity contribution in [3.63, 3.8) is 0 Å². The first-order chi connectivity index (χ1) is 9.83. The molecule has 0 radical (unpaired) electrons. The van der Waals surface area contributed by atoms with Gasteiger partial charge < -0.3 is 15.5 Å². The molecule has 0 atom stereocenters. The molecule has 0 aliphatic heterocycles. The quantitative estimate of drug-likeness (QED) is 0.822. The van der Waals surface area contributed by atoms with E-state index >= 15 is 0 Å². The van der Waals surface area contributed by atoms with Gasteiger partial charge in [-0.05, 0) is 62.7 Å². The van der Waals surface area contributed by atoms with Crippen LogP contribution in [0.5, 0.6) is 0 Å². The molecule has 0 saturated heterocycles. The Balaban J connectivity index is 1.44. The van der Waals surface area contributed by atoms with Crippen LogP contribution in [0, 0.1) is 5.92 Å². The van der Waals surface area contributed by atoms with Crippen molar-refractivity contribution in [3.8, 4) is 0 Å². The van der Waals surface area contributed by atoms with Gasteiger partial charge in [0.25, 0.3) is 0 Å². The molecule has 3 nitrogen and oxygen atoms in total. The Kier molecular flexibility index (Phi) is 4.38. The number of hydrogen-bond acceptors (Lipinski definition) is 3. The van der Waals surface area contributed by atoms with E-state index in [2.05, 4.69) is 17.4 Å². The Morgan fingerprint density at radius 1 is 1.15 bits per heavy atom. The van der Waals surface area contributed by atoms with Crippen molar-refractivity contribution in [3.05, 3.63) is 36.1 Å². The highest BCUT2D eigenvalue weighted by Gasteiger charge is 2.17. The van der Waals surface area contributed by atoms with Gasteiger partial charge in [0.05, 0.1) is 6.26 Å². The molecule has 20 heavy (non-hydrogen) atoms. The zero-order chi connectivity index (χ0) is 13.8. The summed E-state index contributed by atoms with van der Waals surface area (Å²) in [6.45, 7) is 2.15. The average Bonchev–Trinajstić information content (AvgIpc) is 2.89. The molecular formula is C17H24N2O. The lowest BCUT2D eigenvalue weighted by Crippen LogP contribution is -2.32. The Bertz CT molecular complexity index is 541. The minimum atomic E-state index is 0.448. The summed E-state index contributed by atoms with van der Waals surface area (Å²) in [5.41, 5.74) is 8.23. The van der Waals surface area contributed by atoms with E-state index in [1.807, 2.05) is 18.4 Å². The number of hydrogen-bond donors (Lipinski definition) is 2. The first kappa shape index (κ1) is 13.7. The van der Waals surface area contributed by atoms with Crippen LogP contribution >= 0.6 is 0 Å². The third kappa shape index (κ3) is 3.22. The molecule has 1 aliphatic rings. The number of para-hydroxylation sites is 1. The van der Waals surface area contributed by atoms with Crippen LogP contribution in [-0.4, -0.2) is 19.1 Å². The summed E-state index contributed by atoms with van der Waals surface area (Å²) in [7, 11) is 0. The molecule has 0 bridgehead atoms. The highest BCUT2D eigenvalue weighted by Crippen LogP contribution is 2.23. The molecule has 1 aromatic heterocycles. The maximum Gasteiger partial charge on any atom is 0.134 e. The van der Waals surface area contributed by atoms with E-state index in [1.165, 1.54) is 36.6 Å². The lowest BCUT2D eigenvalue weighted by Gasteiger charge is -2.26. The molecule has 0 unspecified atom stereocenters. The van der Waals surface area contributed by atoms with E-state index in [4.69, 9.17) is 10.2 Å². The largest absolute Gasteiger partial charge is 0.464 e. The Morgan fingerprint density at radius 3 is 2.80 bits per heavy atom. The number of rotatable bonds is 5. The third-order valence-corrected chi connectivity index (χ3v) is 4.46. The van der Waals surface area contributed by atoms with Gasteiger partial charge in [-0.1, -0.05) is 18.2 Å². The van der Waals surface area contributed by atoms with Crippen LogP contribution in [-0.2, 0) is 6.42 Å². The van der Waals surface area contributed by atoms with Gasteiger partial charge in [-0.2, -0.15) is 0 Å². The van der Waals surface area contributed by atoms with Crippen molar-refractivity contribution in [2.75, 3.05) is 13.1 Å². The van der Waals surface area contributed by atoms with Crippen molar-refractivity contribution in [2.24, 2.45) is 11.7 Å². The topological polar surface area (TPSA) is 51.2 Å². The molecule has 108 valence electrons. The highest BCUT2D eigenvalue weighted by molar-refractivity contribution is 5.80. The third-order valence-electron chi connectivity index (χ3n) is 4.46. The minimum Gasteiger partial charge on any atom is -0.464 e. The molecule has 0 spiro atoms. The Labute approximate surface area is 120 Å². The van der Waals surface area contributed by atoms with Crippen LogP contribution < -0.4 is 11.1 Å². The number of nitrogens with two attached hydrogens (primary N) is 1. The molecular weight excluding hydrogens is 248 g/mol. The first-order valence-corrected chi connectivity index (χ1v) is 7.74. The molecule has 1 fully saturated rings. The monoisotopic (exact) mass is 272 g/mol. The van der Waals surface area contributed by atoms with Crippen LogP contribution in [0.4, 0.5) is 0 Å². The van der Waals surface area contributed by atoms with Gasteiger partial charge in [0, 0.05) is 11.4 Å². The molecule has 1 heterocycles. The smallest absolute Gasteiger partial charge is 0.134 e. The Hall–Kier alpha value is -1.32. The van der Waals surface area contributed by atoms with Gasteiger partial charge >= 0.3 is 0 Å². The maximum atomic E-state index is 5.94. The van der Waals surface area contributed by atoms with Crippen molar-refractivity contribution in [1.82, 2.24) is 5.32 Å². The van der Waals surface area contributed by atoms with Gasteiger partial charge in [0.2, 0.25) is 0 Å². The number of fused-ring (bicyclic) bond motifs is 1. The van der Waals surface area contributed by atoms with Crippen molar-refractivity contribution >= 4 is 11.0 Å². The second-order valence-electron chi connectivity index (χ2n) is 5.99. The summed E-state index contributed by atoms with van der Waals surface area (Å²) < 4.78 is 5.57. The van der Waals surface area contributed by atoms with E-state index < -0.39 is 0 Å². The summed E-state index contributed by atoms with van der Waals surface area (Å²) in [6.07, 6.45) is 7.87. The fourth-order valence-corrected chi connectivity index (χ4v) is 3.15. The summed E-state index contributed by atoms with van der Waals surface area (Å²) in [4.78, 5) is 0. The molecule has 1 saturated carbocycles. The summed E-state index contributed by atoms with van der Waals surface area (Å²) in [5, 5.41) is 4.84. The van der Waals surface area contributed by atoms with E-state index in [0.29, 0.717) is 6.04 Å². The molecule has 1 aliphatic carbocycles. The highest BCUT2D eigenvalue weighted by atomic mass is 16.3. The zero-order valence-electron chi connectivity index (χ0n) is 12.0. The fraction of sp³-hybridized carbons (Fsp3) is 0.529. The molecule has 3 N–H and O–H groups in total. The van der Waals surface area contributed by atoms with Gasteiger partial charge in [-0.3, -0.25) is 0 Å². The lowest BCUT2D eigenvalue weighted by atomic mass is 9.86. The van der Waals surface area contributed by atoms with Crippen molar-refractivity contribution < 1.29 is 4.42 Å². The van der Waals surface area contributed by atoms with Crippen molar-refractivity contribution in [2.45, 2.75) is 38.1 Å². The van der Waals surface area contributed by atoms with E-state index in [1.54, 1.807) is 0 Å². The summed E-state index contributed by atoms with van der Waals surface area (Å²) in [6, 6.07) is 8.69. The minimum absolute atomic E-state index is 0.448. The molecule has 3 heteroatoms. The van der Waals surface area contributed by atoms with E-state index in [-0.39, 0.29) is 0 Å². The van der Waals surface area contributed by atoms with Crippen LogP contribution in [0.3, 0.4) is 0 Å². The van der Waals surface area contributed by atoms with E-state index in [0.717, 1.165) is 31.0 Å². The summed E-state index contributed by atoms with van der Waals surface area (Å²) >= 11 is 0. The molecule has 1 aromatic carbocycles. The van der Waals surface area contributed by atoms with Crippen LogP contribution in [0.15, 0.2) is 34.9 Å². The van der Waals surface area contributed by atoms with Gasteiger partial charge in [-0.15, -0.1) is 0 Å². The van der Waals surface area contributed by atoms with Crippen LogP contribution in [0.2, 0.25) is 0 Å². The lowest BCUT2D eigenvalue weighted by molar-refractivity contribution is 0.315. The second kappa shape index (κ2) is 6.42. The number of nitrogens with one attached hydrogen (secondary N) is 1. The van der Waals surface area contributed by atoms with Crippen LogP contribution in [0.1, 0.15) is 31.2 Å². The average molecular weight is 272 g/mol. The normalized spacial score (nSPS) is 23.2. The fourth-order valence-electron chi connectivity index (χ4n) is 3.15. The standard InChI is InChI=1S/C17H24N2O/c18-15-7-5-13(6-8-15)11-19-10-9-14-12-20-17-4-2-1-3-16(14)17/h1-4,12-13,15,19H,5-11,18H2. The van der Waals surface area contributed by atoms with E-state index in [9.17, 15) is 0 Å². The number of benzene rings is 1. The molecule has 0 amide bonds. The SMILES string of the molecule is NC1CCC(CNCCc2coc3ccccc23)CC1. The predicted octanol–water partition coefficient (Wildman–Crippen LogP) is 3.08. The predicted molar refractivity (Wildman–Crippen MR) is 82.7 cm³/mol. The van der Waals surface area contributed by atoms with Gasteiger partial charge in [0.15, 0.2) is 0 Å². The van der Waals surface area contributed by atoms with Crippen LogP contribution in [0.25, 0.3) is 11.0 Å². The molecule has 2 aromatic rings. The first-order valence-electron chi connectivity index (χ1n) is 7.74. The summed E-state index contributed by atoms with van der Waals surface area (Å²) in [5.74, 6) is 0.816. The van der Waals surface area contributed by atoms with Gasteiger partial charge in [-0.25, -0.2) is 0 Å². The maximum absolute atomic E-state index is 5.94. The Morgan fingerprint density at radius 2 is 1.95 bits per heavy atom. The zero-order valence-corrected chi connectivity index (χ0v) is 12.0. The second-order valence-corrected chi connectivity index (χ2v) is 5.99.